The van der Waals surface area contributed by atoms with E-state index < -0.39 is 7.92 Å². The molecule has 0 N–H and O–H groups in total. The molecule has 0 aromatic heterocycles. The number of hydrogen-bond donors (Lipinski definition) is 0. The summed E-state index contributed by atoms with van der Waals surface area (Å²) in [7, 11) is -0.644. The van der Waals surface area contributed by atoms with E-state index in [2.05, 4.69) is 89.9 Å². The summed E-state index contributed by atoms with van der Waals surface area (Å²) in [6.45, 7) is 1.43. The van der Waals surface area contributed by atoms with Gasteiger partial charge in [0.2, 0.25) is 5.90 Å². The number of aliphatic imine (C=N–C) groups is 1. The predicted molar refractivity (Wildman–Crippen MR) is 103 cm³/mol. The van der Waals surface area contributed by atoms with E-state index in [1.54, 1.807) is 0 Å². The molecule has 0 amide bonds. The molecule has 0 fully saturated rings. The molecule has 0 bridgehead atoms. The van der Waals surface area contributed by atoms with Crippen molar-refractivity contribution in [3.63, 3.8) is 0 Å². The van der Waals surface area contributed by atoms with Gasteiger partial charge in [0, 0.05) is 22.1 Å². The topological polar surface area (TPSA) is 21.6 Å². The average Bonchev–Trinajstić information content (AvgIpc) is 3.19. The van der Waals surface area contributed by atoms with Crippen LogP contribution in [0.3, 0.4) is 0 Å². The van der Waals surface area contributed by atoms with Crippen molar-refractivity contribution in [2.45, 2.75) is 0 Å². The molecular formula is C21H18NNiOP. The minimum Gasteiger partial charge on any atom is -0.475 e. The van der Waals surface area contributed by atoms with Gasteiger partial charge in [0.05, 0.1) is 6.54 Å². The SMILES string of the molecule is [Ni].c1ccc(P(c2ccccc2)c2ccccc2C2=NCCO2)cc1. The molecule has 2 nitrogen and oxygen atoms in total. The third-order valence-corrected chi connectivity index (χ3v) is 6.49. The van der Waals surface area contributed by atoms with E-state index in [1.165, 1.54) is 15.9 Å². The Hall–Kier alpha value is -1.95. The van der Waals surface area contributed by atoms with Crippen LogP contribution in [0.25, 0.3) is 0 Å². The van der Waals surface area contributed by atoms with Crippen molar-refractivity contribution >= 4 is 29.7 Å². The van der Waals surface area contributed by atoms with Gasteiger partial charge in [0.15, 0.2) is 0 Å². The van der Waals surface area contributed by atoms with Crippen molar-refractivity contribution in [3.8, 4) is 0 Å². The first-order valence-electron chi connectivity index (χ1n) is 8.10. The number of benzene rings is 3. The minimum atomic E-state index is -0.644. The molecule has 0 saturated heterocycles. The van der Waals surface area contributed by atoms with Crippen LogP contribution in [0.2, 0.25) is 0 Å². The van der Waals surface area contributed by atoms with Gasteiger partial charge in [-0.2, -0.15) is 0 Å². The monoisotopic (exact) mass is 389 g/mol. The Kier molecular flexibility index (Phi) is 6.02. The van der Waals surface area contributed by atoms with Crippen LogP contribution in [0, 0.1) is 0 Å². The number of ether oxygens (including phenoxy) is 1. The molecule has 3 aromatic rings. The van der Waals surface area contributed by atoms with E-state index in [1.807, 2.05) is 0 Å². The maximum atomic E-state index is 5.76. The van der Waals surface area contributed by atoms with Crippen molar-refractivity contribution in [2.75, 3.05) is 13.2 Å². The van der Waals surface area contributed by atoms with E-state index in [0.717, 1.165) is 18.0 Å². The summed E-state index contributed by atoms with van der Waals surface area (Å²) in [5.41, 5.74) is 1.12. The molecule has 0 saturated carbocycles. The Bertz CT molecular complexity index is 813. The van der Waals surface area contributed by atoms with Crippen molar-refractivity contribution < 1.29 is 21.2 Å². The minimum absolute atomic E-state index is 0. The summed E-state index contributed by atoms with van der Waals surface area (Å²) < 4.78 is 5.76. The zero-order valence-electron chi connectivity index (χ0n) is 13.6. The first-order valence-corrected chi connectivity index (χ1v) is 9.44. The van der Waals surface area contributed by atoms with Crippen LogP contribution >= 0.6 is 7.92 Å². The van der Waals surface area contributed by atoms with Gasteiger partial charge in [0.1, 0.15) is 6.61 Å². The third-order valence-electron chi connectivity index (χ3n) is 3.99. The molecule has 25 heavy (non-hydrogen) atoms. The van der Waals surface area contributed by atoms with Crippen LogP contribution in [-0.2, 0) is 21.2 Å². The summed E-state index contributed by atoms with van der Waals surface area (Å²) in [6.07, 6.45) is 0. The molecular weight excluding hydrogens is 372 g/mol. The molecule has 1 aliphatic heterocycles. The van der Waals surface area contributed by atoms with Crippen LogP contribution < -0.4 is 15.9 Å². The van der Waals surface area contributed by atoms with Crippen LogP contribution in [0.4, 0.5) is 0 Å². The fourth-order valence-corrected chi connectivity index (χ4v) is 5.37. The smallest absolute Gasteiger partial charge is 0.216 e. The second-order valence-electron chi connectivity index (χ2n) is 5.56. The largest absolute Gasteiger partial charge is 0.475 e. The molecule has 128 valence electrons. The Morgan fingerprint density at radius 2 is 1.28 bits per heavy atom. The van der Waals surface area contributed by atoms with Crippen molar-refractivity contribution in [3.05, 3.63) is 90.5 Å². The Morgan fingerprint density at radius 1 is 0.720 bits per heavy atom. The average molecular weight is 390 g/mol. The van der Waals surface area contributed by atoms with Gasteiger partial charge in [0.25, 0.3) is 0 Å². The van der Waals surface area contributed by atoms with Crippen LogP contribution in [-0.4, -0.2) is 19.0 Å². The summed E-state index contributed by atoms with van der Waals surface area (Å²) >= 11 is 0. The van der Waals surface area contributed by atoms with Gasteiger partial charge in [-0.25, -0.2) is 4.99 Å². The van der Waals surface area contributed by atoms with E-state index >= 15 is 0 Å². The first kappa shape index (κ1) is 17.9. The summed E-state index contributed by atoms with van der Waals surface area (Å²) in [5, 5.41) is 3.97. The van der Waals surface area contributed by atoms with Gasteiger partial charge in [-0.05, 0) is 29.9 Å². The molecule has 0 radical (unpaired) electrons. The van der Waals surface area contributed by atoms with Gasteiger partial charge in [-0.15, -0.1) is 0 Å². The molecule has 1 heterocycles. The Labute approximate surface area is 159 Å². The van der Waals surface area contributed by atoms with E-state index in [0.29, 0.717) is 6.61 Å². The molecule has 4 rings (SSSR count). The molecule has 0 unspecified atom stereocenters. The second kappa shape index (κ2) is 8.43. The predicted octanol–water partition coefficient (Wildman–Crippen LogP) is 3.22. The maximum absolute atomic E-state index is 5.76. The first-order chi connectivity index (χ1) is 11.9. The van der Waals surface area contributed by atoms with Gasteiger partial charge < -0.3 is 4.74 Å². The zero-order valence-corrected chi connectivity index (χ0v) is 15.5. The summed E-state index contributed by atoms with van der Waals surface area (Å²) in [6, 6.07) is 29.9. The Morgan fingerprint density at radius 3 is 1.84 bits per heavy atom. The zero-order chi connectivity index (χ0) is 16.2. The standard InChI is InChI=1S/C21H18NOP.Ni/c1-3-9-17(10-4-1)24(18-11-5-2-6-12-18)20-14-8-7-13-19(20)21-22-15-16-23-21;/h1-14H,15-16H2;. The van der Waals surface area contributed by atoms with Crippen LogP contribution in [0.1, 0.15) is 5.56 Å². The summed E-state index contributed by atoms with van der Waals surface area (Å²) in [4.78, 5) is 4.54. The van der Waals surface area contributed by atoms with E-state index in [9.17, 15) is 0 Å². The fraction of sp³-hybridized carbons (Fsp3) is 0.0952. The van der Waals surface area contributed by atoms with Crippen LogP contribution in [0.5, 0.6) is 0 Å². The van der Waals surface area contributed by atoms with Crippen molar-refractivity contribution in [1.82, 2.24) is 0 Å². The molecule has 0 spiro atoms. The third kappa shape index (κ3) is 3.84. The molecule has 4 heteroatoms. The number of rotatable bonds is 4. The van der Waals surface area contributed by atoms with Crippen molar-refractivity contribution in [1.29, 1.82) is 0 Å². The van der Waals surface area contributed by atoms with E-state index in [4.69, 9.17) is 4.74 Å². The number of nitrogens with zero attached hydrogens (tertiary/aromatic N) is 1. The van der Waals surface area contributed by atoms with Gasteiger partial charge >= 0.3 is 0 Å². The Balaban J connectivity index is 0.00000182. The second-order valence-corrected chi connectivity index (χ2v) is 7.74. The van der Waals surface area contributed by atoms with Gasteiger partial charge in [-0.1, -0.05) is 78.9 Å². The molecule has 1 aliphatic rings. The number of hydrogen-bond acceptors (Lipinski definition) is 2. The molecule has 0 atom stereocenters. The molecule has 0 aliphatic carbocycles. The van der Waals surface area contributed by atoms with Crippen LogP contribution in [0.15, 0.2) is 89.9 Å². The van der Waals surface area contributed by atoms with Crippen molar-refractivity contribution in [2.24, 2.45) is 4.99 Å². The van der Waals surface area contributed by atoms with E-state index in [-0.39, 0.29) is 16.5 Å². The van der Waals surface area contributed by atoms with Gasteiger partial charge in [-0.3, -0.25) is 0 Å². The maximum Gasteiger partial charge on any atom is 0.216 e. The molecule has 3 aromatic carbocycles. The normalized spacial score (nSPS) is 13.1. The summed E-state index contributed by atoms with van der Waals surface area (Å²) in [5.74, 6) is 0.782. The quantitative estimate of drug-likeness (QED) is 0.496. The fourth-order valence-electron chi connectivity index (χ4n) is 2.93.